The Kier molecular flexibility index (Phi) is 6.58. The molecule has 2 heterocycles. The zero-order valence-electron chi connectivity index (χ0n) is 13.7. The first kappa shape index (κ1) is 18.4. The van der Waals surface area contributed by atoms with Gasteiger partial charge >= 0.3 is 0 Å². The summed E-state index contributed by atoms with van der Waals surface area (Å²) in [6.45, 7) is 6.04. The normalized spacial score (nSPS) is 18.5. The molecule has 1 aromatic heterocycles. The van der Waals surface area contributed by atoms with Crippen molar-refractivity contribution in [1.29, 1.82) is 0 Å². The molecular weight excluding hydrogens is 334 g/mol. The van der Waals surface area contributed by atoms with E-state index in [0.717, 1.165) is 24.3 Å². The van der Waals surface area contributed by atoms with Crippen LogP contribution in [0.1, 0.15) is 31.6 Å². The van der Waals surface area contributed by atoms with Crippen molar-refractivity contribution in [3.05, 3.63) is 17.0 Å². The Morgan fingerprint density at radius 3 is 2.74 bits per heavy atom. The molecule has 2 N–H and O–H groups in total. The van der Waals surface area contributed by atoms with E-state index < -0.39 is 10.0 Å². The van der Waals surface area contributed by atoms with Crippen LogP contribution >= 0.6 is 11.3 Å². The van der Waals surface area contributed by atoms with Gasteiger partial charge in [0.2, 0.25) is 5.91 Å². The standard InChI is InChI=1S/C15H25N3O3S2/c1-3-18(4-2)23(20,21)14-8-7-12(22-14)9-11-17-15(19)13-6-5-10-16-13/h7-8,13,16H,3-6,9-11H2,1-2H3,(H,17,19). The van der Waals surface area contributed by atoms with E-state index in [0.29, 0.717) is 30.3 Å². The molecule has 1 saturated heterocycles. The Balaban J connectivity index is 1.88. The number of carbonyl (C=O) groups is 1. The highest BCUT2D eigenvalue weighted by Crippen LogP contribution is 2.25. The molecule has 1 aromatic rings. The molecule has 23 heavy (non-hydrogen) atoms. The van der Waals surface area contributed by atoms with Gasteiger partial charge in [0, 0.05) is 24.5 Å². The summed E-state index contributed by atoms with van der Waals surface area (Å²) in [4.78, 5) is 12.9. The molecule has 0 saturated carbocycles. The molecule has 1 aliphatic rings. The van der Waals surface area contributed by atoms with Gasteiger partial charge in [0.05, 0.1) is 6.04 Å². The molecule has 2 rings (SSSR count). The van der Waals surface area contributed by atoms with Crippen molar-refractivity contribution in [1.82, 2.24) is 14.9 Å². The van der Waals surface area contributed by atoms with E-state index in [1.807, 2.05) is 19.9 Å². The van der Waals surface area contributed by atoms with E-state index in [4.69, 9.17) is 0 Å². The maximum Gasteiger partial charge on any atom is 0.252 e. The van der Waals surface area contributed by atoms with Gasteiger partial charge in [0.25, 0.3) is 10.0 Å². The second-order valence-electron chi connectivity index (χ2n) is 5.50. The van der Waals surface area contributed by atoms with Crippen LogP contribution in [0.25, 0.3) is 0 Å². The lowest BCUT2D eigenvalue weighted by molar-refractivity contribution is -0.122. The summed E-state index contributed by atoms with van der Waals surface area (Å²) in [6.07, 6.45) is 2.57. The first-order chi connectivity index (χ1) is 11.0. The highest BCUT2D eigenvalue weighted by Gasteiger charge is 2.24. The predicted octanol–water partition coefficient (Wildman–Crippen LogP) is 1.19. The monoisotopic (exact) mass is 359 g/mol. The minimum Gasteiger partial charge on any atom is -0.354 e. The van der Waals surface area contributed by atoms with Crippen molar-refractivity contribution < 1.29 is 13.2 Å². The first-order valence-corrected chi connectivity index (χ1v) is 10.3. The number of sulfonamides is 1. The van der Waals surface area contributed by atoms with Gasteiger partial charge in [0.1, 0.15) is 4.21 Å². The quantitative estimate of drug-likeness (QED) is 0.731. The summed E-state index contributed by atoms with van der Waals surface area (Å²) in [5.74, 6) is 0.0371. The Bertz CT molecular complexity index is 618. The van der Waals surface area contributed by atoms with Crippen LogP contribution in [0.15, 0.2) is 16.3 Å². The molecule has 1 aliphatic heterocycles. The fourth-order valence-electron chi connectivity index (χ4n) is 2.66. The summed E-state index contributed by atoms with van der Waals surface area (Å²) in [5.41, 5.74) is 0. The Labute approximate surface area is 142 Å². The van der Waals surface area contributed by atoms with E-state index in [9.17, 15) is 13.2 Å². The number of thiophene rings is 1. The maximum absolute atomic E-state index is 12.4. The van der Waals surface area contributed by atoms with Gasteiger partial charge in [0.15, 0.2) is 0 Å². The summed E-state index contributed by atoms with van der Waals surface area (Å²) in [6, 6.07) is 3.42. The third-order valence-electron chi connectivity index (χ3n) is 3.98. The topological polar surface area (TPSA) is 78.5 Å². The highest BCUT2D eigenvalue weighted by molar-refractivity contribution is 7.91. The molecule has 1 unspecified atom stereocenters. The van der Waals surface area contributed by atoms with Crippen LogP contribution in [0.3, 0.4) is 0 Å². The minimum atomic E-state index is -3.38. The van der Waals surface area contributed by atoms with Gasteiger partial charge in [-0.2, -0.15) is 4.31 Å². The molecule has 8 heteroatoms. The molecule has 0 bridgehead atoms. The molecule has 0 aromatic carbocycles. The van der Waals surface area contributed by atoms with Crippen LogP contribution in [0.4, 0.5) is 0 Å². The van der Waals surface area contributed by atoms with E-state index in [2.05, 4.69) is 10.6 Å². The molecule has 0 aliphatic carbocycles. The molecule has 0 radical (unpaired) electrons. The Hall–Kier alpha value is -0.960. The summed E-state index contributed by atoms with van der Waals surface area (Å²) in [5, 5.41) is 6.07. The maximum atomic E-state index is 12.4. The number of rotatable bonds is 8. The molecule has 1 amide bonds. The van der Waals surface area contributed by atoms with Gasteiger partial charge in [-0.1, -0.05) is 13.8 Å². The van der Waals surface area contributed by atoms with Crippen LogP contribution in [0.2, 0.25) is 0 Å². The van der Waals surface area contributed by atoms with Gasteiger partial charge < -0.3 is 10.6 Å². The lowest BCUT2D eigenvalue weighted by atomic mass is 10.2. The zero-order valence-corrected chi connectivity index (χ0v) is 15.3. The fourth-order valence-corrected chi connectivity index (χ4v) is 5.63. The largest absolute Gasteiger partial charge is 0.354 e. The molecule has 1 fully saturated rings. The summed E-state index contributed by atoms with van der Waals surface area (Å²) < 4.78 is 26.7. The average Bonchev–Trinajstić information content (AvgIpc) is 3.20. The van der Waals surface area contributed by atoms with Crippen LogP contribution in [0, 0.1) is 0 Å². The van der Waals surface area contributed by atoms with Crippen LogP contribution in [-0.4, -0.2) is 50.9 Å². The van der Waals surface area contributed by atoms with E-state index in [1.54, 1.807) is 6.07 Å². The summed E-state index contributed by atoms with van der Waals surface area (Å²) >= 11 is 1.29. The molecule has 130 valence electrons. The van der Waals surface area contributed by atoms with Crippen molar-refractivity contribution in [2.24, 2.45) is 0 Å². The van der Waals surface area contributed by atoms with E-state index in [-0.39, 0.29) is 11.9 Å². The van der Waals surface area contributed by atoms with E-state index >= 15 is 0 Å². The Morgan fingerprint density at radius 1 is 1.39 bits per heavy atom. The highest BCUT2D eigenvalue weighted by atomic mass is 32.2. The fraction of sp³-hybridized carbons (Fsp3) is 0.667. The lowest BCUT2D eigenvalue weighted by Crippen LogP contribution is -2.41. The van der Waals surface area contributed by atoms with Crippen LogP contribution in [0.5, 0.6) is 0 Å². The minimum absolute atomic E-state index is 0.0371. The van der Waals surface area contributed by atoms with Crippen molar-refractivity contribution >= 4 is 27.3 Å². The van der Waals surface area contributed by atoms with Gasteiger partial charge in [-0.15, -0.1) is 11.3 Å². The van der Waals surface area contributed by atoms with Crippen molar-refractivity contribution in [3.8, 4) is 0 Å². The Morgan fingerprint density at radius 2 is 2.13 bits per heavy atom. The van der Waals surface area contributed by atoms with Crippen molar-refractivity contribution in [2.75, 3.05) is 26.2 Å². The predicted molar refractivity (Wildman–Crippen MR) is 92.2 cm³/mol. The molecule has 6 nitrogen and oxygen atoms in total. The van der Waals surface area contributed by atoms with Gasteiger partial charge in [-0.05, 0) is 37.9 Å². The van der Waals surface area contributed by atoms with Crippen molar-refractivity contribution in [3.63, 3.8) is 0 Å². The zero-order chi connectivity index (χ0) is 16.9. The smallest absolute Gasteiger partial charge is 0.252 e. The lowest BCUT2D eigenvalue weighted by Gasteiger charge is -2.16. The molecule has 0 spiro atoms. The number of amides is 1. The number of hydrogen-bond donors (Lipinski definition) is 2. The number of nitrogens with one attached hydrogen (secondary N) is 2. The number of nitrogens with zero attached hydrogens (tertiary/aromatic N) is 1. The first-order valence-electron chi connectivity index (χ1n) is 8.09. The SMILES string of the molecule is CCN(CC)S(=O)(=O)c1ccc(CCNC(=O)C2CCCN2)s1. The number of hydrogen-bond acceptors (Lipinski definition) is 5. The second kappa shape index (κ2) is 8.23. The summed E-state index contributed by atoms with van der Waals surface area (Å²) in [7, 11) is -3.38. The van der Waals surface area contributed by atoms with Gasteiger partial charge in [-0.25, -0.2) is 8.42 Å². The van der Waals surface area contributed by atoms with Crippen LogP contribution < -0.4 is 10.6 Å². The second-order valence-corrected chi connectivity index (χ2v) is 8.83. The number of carbonyl (C=O) groups excluding carboxylic acids is 1. The van der Waals surface area contributed by atoms with Crippen LogP contribution in [-0.2, 0) is 21.2 Å². The average molecular weight is 360 g/mol. The van der Waals surface area contributed by atoms with E-state index in [1.165, 1.54) is 15.6 Å². The third-order valence-corrected chi connectivity index (χ3v) is 7.65. The van der Waals surface area contributed by atoms with Gasteiger partial charge in [-0.3, -0.25) is 4.79 Å². The molecular formula is C15H25N3O3S2. The third kappa shape index (κ3) is 4.53. The molecule has 1 atom stereocenters. The van der Waals surface area contributed by atoms with Crippen molar-refractivity contribution in [2.45, 2.75) is 43.4 Å².